The Balaban J connectivity index is 1.86. The Labute approximate surface area is 86.3 Å². The number of hydrogen-bond donors (Lipinski definition) is 0. The molecule has 1 aromatic heterocycles. The molecule has 1 aliphatic heterocycles. The normalized spacial score (nSPS) is 37.1. The van der Waals surface area contributed by atoms with Crippen LogP contribution in [0.15, 0.2) is 24.4 Å². The Morgan fingerprint density at radius 2 is 2.20 bits per heavy atom. The molecule has 80 valence electrons. The van der Waals surface area contributed by atoms with E-state index in [9.17, 15) is 8.78 Å². The lowest BCUT2D eigenvalue weighted by Gasteiger charge is -2.23. The number of epoxide rings is 1. The van der Waals surface area contributed by atoms with Gasteiger partial charge >= 0.3 is 0 Å². The van der Waals surface area contributed by atoms with E-state index in [0.717, 1.165) is 5.69 Å². The van der Waals surface area contributed by atoms with Crippen LogP contribution in [0.3, 0.4) is 0 Å². The Morgan fingerprint density at radius 1 is 1.33 bits per heavy atom. The van der Waals surface area contributed by atoms with Gasteiger partial charge < -0.3 is 4.74 Å². The number of pyridine rings is 1. The number of ether oxygens (including phenoxy) is 1. The first kappa shape index (κ1) is 9.21. The highest BCUT2D eigenvalue weighted by Crippen LogP contribution is 2.58. The lowest BCUT2D eigenvalue weighted by atomic mass is 9.84. The number of rotatable bonds is 1. The van der Waals surface area contributed by atoms with Crippen molar-refractivity contribution in [1.82, 2.24) is 4.98 Å². The van der Waals surface area contributed by atoms with Crippen molar-refractivity contribution in [2.75, 3.05) is 0 Å². The second kappa shape index (κ2) is 2.76. The maximum atomic E-state index is 13.1. The number of hydrogen-bond acceptors (Lipinski definition) is 2. The van der Waals surface area contributed by atoms with E-state index in [0.29, 0.717) is 6.42 Å². The van der Waals surface area contributed by atoms with E-state index in [1.54, 1.807) is 6.20 Å². The molecule has 2 aliphatic rings. The van der Waals surface area contributed by atoms with E-state index >= 15 is 0 Å². The van der Waals surface area contributed by atoms with E-state index in [2.05, 4.69) is 4.98 Å². The molecule has 2 heterocycles. The van der Waals surface area contributed by atoms with Crippen LogP contribution in [0.4, 0.5) is 8.78 Å². The van der Waals surface area contributed by atoms with Crippen LogP contribution in [0.5, 0.6) is 0 Å². The van der Waals surface area contributed by atoms with Crippen molar-refractivity contribution in [2.24, 2.45) is 0 Å². The van der Waals surface area contributed by atoms with Gasteiger partial charge in [-0.3, -0.25) is 4.98 Å². The molecule has 0 aromatic carbocycles. The second-order valence-corrected chi connectivity index (χ2v) is 4.27. The van der Waals surface area contributed by atoms with Crippen molar-refractivity contribution in [3.8, 4) is 0 Å². The SMILES string of the molecule is FC1(F)CC[C@]2(c3ccccn3)O[C@H]2C1. The van der Waals surface area contributed by atoms with Crippen molar-refractivity contribution < 1.29 is 13.5 Å². The molecular formula is C11H11F2NO. The largest absolute Gasteiger partial charge is 0.359 e. The van der Waals surface area contributed by atoms with Gasteiger partial charge in [-0.25, -0.2) is 8.78 Å². The summed E-state index contributed by atoms with van der Waals surface area (Å²) in [7, 11) is 0. The van der Waals surface area contributed by atoms with Gasteiger partial charge in [0.05, 0.1) is 11.8 Å². The first-order chi connectivity index (χ1) is 7.12. The summed E-state index contributed by atoms with van der Waals surface area (Å²) in [6.07, 6.45) is 1.46. The molecule has 2 fully saturated rings. The average Bonchev–Trinajstić information content (AvgIpc) is 2.92. The topological polar surface area (TPSA) is 25.4 Å². The van der Waals surface area contributed by atoms with E-state index in [4.69, 9.17) is 4.74 Å². The van der Waals surface area contributed by atoms with Crippen LogP contribution in [0.1, 0.15) is 25.0 Å². The summed E-state index contributed by atoms with van der Waals surface area (Å²) in [6, 6.07) is 5.53. The molecule has 15 heavy (non-hydrogen) atoms. The summed E-state index contributed by atoms with van der Waals surface area (Å²) in [5.41, 5.74) is 0.300. The first-order valence-electron chi connectivity index (χ1n) is 5.10. The molecule has 0 amide bonds. The zero-order valence-electron chi connectivity index (χ0n) is 8.12. The predicted octanol–water partition coefficient (Wildman–Crippen LogP) is 2.49. The summed E-state index contributed by atoms with van der Waals surface area (Å²) in [5, 5.41) is 0. The van der Waals surface area contributed by atoms with Crippen molar-refractivity contribution in [3.63, 3.8) is 0 Å². The van der Waals surface area contributed by atoms with Crippen LogP contribution in [0.25, 0.3) is 0 Å². The van der Waals surface area contributed by atoms with E-state index in [1.165, 1.54) is 0 Å². The van der Waals surface area contributed by atoms with Crippen LogP contribution in [0, 0.1) is 0 Å². The lowest BCUT2D eigenvalue weighted by molar-refractivity contribution is -0.0330. The molecule has 0 spiro atoms. The third kappa shape index (κ3) is 1.35. The zero-order chi connectivity index (χ0) is 10.5. The monoisotopic (exact) mass is 211 g/mol. The molecule has 1 aliphatic carbocycles. The highest BCUT2D eigenvalue weighted by atomic mass is 19.3. The van der Waals surface area contributed by atoms with Crippen molar-refractivity contribution in [2.45, 2.75) is 36.9 Å². The van der Waals surface area contributed by atoms with Crippen LogP contribution in [-0.4, -0.2) is 17.0 Å². The molecule has 3 rings (SSSR count). The molecule has 2 atom stereocenters. The van der Waals surface area contributed by atoms with E-state index in [1.807, 2.05) is 18.2 Å². The van der Waals surface area contributed by atoms with Gasteiger partial charge in [0, 0.05) is 19.0 Å². The fraction of sp³-hybridized carbons (Fsp3) is 0.545. The van der Waals surface area contributed by atoms with Crippen LogP contribution in [0.2, 0.25) is 0 Å². The first-order valence-corrected chi connectivity index (χ1v) is 5.10. The van der Waals surface area contributed by atoms with Gasteiger partial charge in [0.25, 0.3) is 5.92 Å². The van der Waals surface area contributed by atoms with Crippen LogP contribution >= 0.6 is 0 Å². The van der Waals surface area contributed by atoms with Gasteiger partial charge in [-0.2, -0.15) is 0 Å². The van der Waals surface area contributed by atoms with Gasteiger partial charge in [0.15, 0.2) is 0 Å². The molecule has 0 N–H and O–H groups in total. The molecule has 0 bridgehead atoms. The number of halogens is 2. The number of alkyl halides is 2. The highest BCUT2D eigenvalue weighted by Gasteiger charge is 2.65. The minimum Gasteiger partial charge on any atom is -0.359 e. The van der Waals surface area contributed by atoms with Gasteiger partial charge in [-0.05, 0) is 18.6 Å². The minimum atomic E-state index is -2.56. The molecular weight excluding hydrogens is 200 g/mol. The van der Waals surface area contributed by atoms with Gasteiger partial charge in [0.1, 0.15) is 5.60 Å². The Morgan fingerprint density at radius 3 is 2.87 bits per heavy atom. The van der Waals surface area contributed by atoms with E-state index in [-0.39, 0.29) is 18.9 Å². The van der Waals surface area contributed by atoms with Gasteiger partial charge in [-0.1, -0.05) is 6.07 Å². The van der Waals surface area contributed by atoms with Crippen molar-refractivity contribution >= 4 is 0 Å². The average molecular weight is 211 g/mol. The maximum absolute atomic E-state index is 13.1. The molecule has 0 unspecified atom stereocenters. The third-order valence-electron chi connectivity index (χ3n) is 3.26. The van der Waals surface area contributed by atoms with Gasteiger partial charge in [-0.15, -0.1) is 0 Å². The Hall–Kier alpha value is -1.03. The van der Waals surface area contributed by atoms with Crippen molar-refractivity contribution in [1.29, 1.82) is 0 Å². The molecule has 0 radical (unpaired) electrons. The number of fused-ring (bicyclic) bond motifs is 1. The van der Waals surface area contributed by atoms with Crippen LogP contribution < -0.4 is 0 Å². The quantitative estimate of drug-likeness (QED) is 0.667. The second-order valence-electron chi connectivity index (χ2n) is 4.27. The summed E-state index contributed by atoms with van der Waals surface area (Å²) < 4.78 is 31.6. The van der Waals surface area contributed by atoms with Crippen LogP contribution in [-0.2, 0) is 10.3 Å². The summed E-state index contributed by atoms with van der Waals surface area (Å²) in [6.45, 7) is 0. The minimum absolute atomic E-state index is 0.0971. The molecule has 1 saturated carbocycles. The lowest BCUT2D eigenvalue weighted by Crippen LogP contribution is -2.30. The molecule has 4 heteroatoms. The fourth-order valence-electron chi connectivity index (χ4n) is 2.35. The Kier molecular flexibility index (Phi) is 1.69. The number of aromatic nitrogens is 1. The predicted molar refractivity (Wildman–Crippen MR) is 49.6 cm³/mol. The fourth-order valence-corrected chi connectivity index (χ4v) is 2.35. The Bertz CT molecular complexity index is 381. The summed E-state index contributed by atoms with van der Waals surface area (Å²) in [5.74, 6) is -2.56. The molecule has 1 saturated heterocycles. The standard InChI is InChI=1S/C11H11F2NO/c12-10(13)4-5-11(9(7-10)15-11)8-3-1-2-6-14-8/h1-3,6,9H,4-5,7H2/t9-,11+/m0/s1. The van der Waals surface area contributed by atoms with Gasteiger partial charge in [0.2, 0.25) is 0 Å². The maximum Gasteiger partial charge on any atom is 0.250 e. The van der Waals surface area contributed by atoms with Crippen molar-refractivity contribution in [3.05, 3.63) is 30.1 Å². The summed E-state index contributed by atoms with van der Waals surface area (Å²) in [4.78, 5) is 4.19. The molecule has 2 nitrogen and oxygen atoms in total. The molecule has 1 aromatic rings. The van der Waals surface area contributed by atoms with E-state index < -0.39 is 11.5 Å². The number of nitrogens with zero attached hydrogens (tertiary/aromatic N) is 1. The smallest absolute Gasteiger partial charge is 0.250 e. The zero-order valence-corrected chi connectivity index (χ0v) is 8.12. The summed E-state index contributed by atoms with van der Waals surface area (Å²) >= 11 is 0. The highest BCUT2D eigenvalue weighted by molar-refractivity contribution is 5.24. The third-order valence-corrected chi connectivity index (χ3v) is 3.26.